The zero-order valence-electron chi connectivity index (χ0n) is 13.8. The Bertz CT molecular complexity index is 259. The van der Waals surface area contributed by atoms with Gasteiger partial charge in [0.05, 0.1) is 0 Å². The van der Waals surface area contributed by atoms with Gasteiger partial charge in [-0.3, -0.25) is 4.79 Å². The standard InChI is InChI=1S/C15H32N2OS/c1-15(2,3)9-8-13(18)10-14(11-16(4)5)19-12-17(6)7/h14H,8-12H2,1-7H3. The third kappa shape index (κ3) is 12.7. The van der Waals surface area contributed by atoms with Crippen molar-refractivity contribution in [3.8, 4) is 0 Å². The van der Waals surface area contributed by atoms with Crippen LogP contribution in [0.25, 0.3) is 0 Å². The molecule has 0 spiro atoms. The molecule has 0 radical (unpaired) electrons. The largest absolute Gasteiger partial charge is 0.308 e. The van der Waals surface area contributed by atoms with Crippen LogP contribution in [-0.4, -0.2) is 61.4 Å². The van der Waals surface area contributed by atoms with Gasteiger partial charge in [0.15, 0.2) is 0 Å². The lowest BCUT2D eigenvalue weighted by Crippen LogP contribution is -2.28. The van der Waals surface area contributed by atoms with Crippen LogP contribution in [0.15, 0.2) is 0 Å². The summed E-state index contributed by atoms with van der Waals surface area (Å²) in [4.78, 5) is 16.4. The zero-order chi connectivity index (χ0) is 15.1. The first-order valence-electron chi connectivity index (χ1n) is 7.03. The minimum absolute atomic E-state index is 0.253. The highest BCUT2D eigenvalue weighted by atomic mass is 32.2. The molecule has 4 heteroatoms. The average Bonchev–Trinajstić information content (AvgIpc) is 2.21. The van der Waals surface area contributed by atoms with Crippen molar-refractivity contribution in [3.05, 3.63) is 0 Å². The van der Waals surface area contributed by atoms with E-state index in [4.69, 9.17) is 0 Å². The molecule has 0 saturated heterocycles. The van der Waals surface area contributed by atoms with Crippen molar-refractivity contribution in [3.63, 3.8) is 0 Å². The normalized spacial score (nSPS) is 14.2. The van der Waals surface area contributed by atoms with Gasteiger partial charge in [0.2, 0.25) is 0 Å². The summed E-state index contributed by atoms with van der Waals surface area (Å²) >= 11 is 1.88. The van der Waals surface area contributed by atoms with Crippen molar-refractivity contribution >= 4 is 17.5 Å². The van der Waals surface area contributed by atoms with Crippen molar-refractivity contribution < 1.29 is 4.79 Å². The number of Topliss-reactive ketones (excluding diaryl/α,β-unsaturated/α-hetero) is 1. The lowest BCUT2D eigenvalue weighted by molar-refractivity contribution is -0.119. The van der Waals surface area contributed by atoms with E-state index in [-0.39, 0.29) is 5.41 Å². The zero-order valence-corrected chi connectivity index (χ0v) is 14.6. The maximum absolute atomic E-state index is 12.1. The molecule has 0 N–H and O–H groups in total. The van der Waals surface area contributed by atoms with Crippen molar-refractivity contribution in [2.45, 2.75) is 45.3 Å². The molecule has 114 valence electrons. The summed E-state index contributed by atoms with van der Waals surface area (Å²) < 4.78 is 0. The van der Waals surface area contributed by atoms with E-state index in [0.29, 0.717) is 17.5 Å². The second-order valence-corrected chi connectivity index (χ2v) is 8.32. The molecule has 0 aliphatic rings. The first kappa shape index (κ1) is 18.9. The van der Waals surface area contributed by atoms with Crippen LogP contribution in [0.3, 0.4) is 0 Å². The third-order valence-electron chi connectivity index (χ3n) is 2.75. The molecule has 0 amide bonds. The van der Waals surface area contributed by atoms with Gasteiger partial charge >= 0.3 is 0 Å². The summed E-state index contributed by atoms with van der Waals surface area (Å²) in [7, 11) is 8.29. The highest BCUT2D eigenvalue weighted by Crippen LogP contribution is 2.23. The Labute approximate surface area is 124 Å². The van der Waals surface area contributed by atoms with Gasteiger partial charge in [-0.25, -0.2) is 0 Å². The molecule has 0 rings (SSSR count). The summed E-state index contributed by atoms with van der Waals surface area (Å²) in [6.45, 7) is 7.55. The highest BCUT2D eigenvalue weighted by molar-refractivity contribution is 7.99. The van der Waals surface area contributed by atoms with Crippen LogP contribution in [-0.2, 0) is 4.79 Å². The van der Waals surface area contributed by atoms with Gasteiger partial charge in [0.1, 0.15) is 5.78 Å². The Kier molecular flexibility index (Phi) is 8.95. The predicted molar refractivity (Wildman–Crippen MR) is 86.8 cm³/mol. The second kappa shape index (κ2) is 8.98. The maximum atomic E-state index is 12.1. The number of rotatable bonds is 9. The molecule has 0 aliphatic heterocycles. The SMILES string of the molecule is CN(C)CSC(CC(=O)CCC(C)(C)C)CN(C)C. The molecular weight excluding hydrogens is 256 g/mol. The Morgan fingerprint density at radius 2 is 1.68 bits per heavy atom. The van der Waals surface area contributed by atoms with E-state index in [1.54, 1.807) is 0 Å². The molecule has 3 nitrogen and oxygen atoms in total. The Balaban J connectivity index is 4.18. The number of carbonyl (C=O) groups is 1. The minimum atomic E-state index is 0.253. The van der Waals surface area contributed by atoms with E-state index < -0.39 is 0 Å². The van der Waals surface area contributed by atoms with Crippen LogP contribution in [0.5, 0.6) is 0 Å². The molecule has 0 aliphatic carbocycles. The monoisotopic (exact) mass is 288 g/mol. The molecule has 0 heterocycles. The summed E-state index contributed by atoms with van der Waals surface area (Å²) in [6, 6.07) is 0. The molecule has 1 unspecified atom stereocenters. The van der Waals surface area contributed by atoms with Crippen LogP contribution < -0.4 is 0 Å². The van der Waals surface area contributed by atoms with Gasteiger partial charge in [0.25, 0.3) is 0 Å². The van der Waals surface area contributed by atoms with E-state index in [1.165, 1.54) is 0 Å². The quantitative estimate of drug-likeness (QED) is 0.609. The van der Waals surface area contributed by atoms with Gasteiger partial charge < -0.3 is 9.80 Å². The molecule has 0 aromatic heterocycles. The summed E-state index contributed by atoms with van der Waals surface area (Å²) in [5.41, 5.74) is 0.253. The minimum Gasteiger partial charge on any atom is -0.308 e. The Hall–Kier alpha value is -0.0600. The van der Waals surface area contributed by atoms with Crippen LogP contribution in [0.2, 0.25) is 0 Å². The molecule has 0 fully saturated rings. The fraction of sp³-hybridized carbons (Fsp3) is 0.933. The summed E-state index contributed by atoms with van der Waals surface area (Å²) in [5, 5.41) is 0.407. The van der Waals surface area contributed by atoms with Crippen molar-refractivity contribution in [1.82, 2.24) is 9.80 Å². The number of carbonyl (C=O) groups excluding carboxylic acids is 1. The van der Waals surface area contributed by atoms with Crippen LogP contribution >= 0.6 is 11.8 Å². The van der Waals surface area contributed by atoms with E-state index >= 15 is 0 Å². The molecular formula is C15H32N2OS. The van der Waals surface area contributed by atoms with E-state index in [2.05, 4.69) is 58.8 Å². The Morgan fingerprint density at radius 1 is 1.11 bits per heavy atom. The van der Waals surface area contributed by atoms with Gasteiger partial charge in [-0.1, -0.05) is 20.8 Å². The lowest BCUT2D eigenvalue weighted by Gasteiger charge is -2.23. The number of ketones is 1. The molecule has 0 aromatic carbocycles. The number of thioether (sulfide) groups is 1. The van der Waals surface area contributed by atoms with Gasteiger partial charge in [-0.05, 0) is 40.0 Å². The molecule has 19 heavy (non-hydrogen) atoms. The van der Waals surface area contributed by atoms with E-state index in [9.17, 15) is 4.79 Å². The van der Waals surface area contributed by atoms with Crippen LogP contribution in [0, 0.1) is 5.41 Å². The first-order valence-corrected chi connectivity index (χ1v) is 8.08. The average molecular weight is 289 g/mol. The topological polar surface area (TPSA) is 23.6 Å². The predicted octanol–water partition coefficient (Wildman–Crippen LogP) is 2.95. The lowest BCUT2D eigenvalue weighted by atomic mass is 9.89. The molecule has 0 aromatic rings. The fourth-order valence-corrected chi connectivity index (χ4v) is 2.92. The molecule has 1 atom stereocenters. The van der Waals surface area contributed by atoms with Crippen molar-refractivity contribution in [2.75, 3.05) is 40.6 Å². The number of hydrogen-bond donors (Lipinski definition) is 0. The van der Waals surface area contributed by atoms with E-state index in [1.807, 2.05) is 11.8 Å². The molecule has 0 bridgehead atoms. The maximum Gasteiger partial charge on any atom is 0.134 e. The van der Waals surface area contributed by atoms with Gasteiger partial charge in [-0.15, -0.1) is 11.8 Å². The summed E-state index contributed by atoms with van der Waals surface area (Å²) in [6.07, 6.45) is 2.40. The van der Waals surface area contributed by atoms with E-state index in [0.717, 1.165) is 25.3 Å². The third-order valence-corrected chi connectivity index (χ3v) is 4.20. The molecule has 0 saturated carbocycles. The number of hydrogen-bond acceptors (Lipinski definition) is 4. The fourth-order valence-electron chi connectivity index (χ4n) is 1.71. The highest BCUT2D eigenvalue weighted by Gasteiger charge is 2.18. The van der Waals surface area contributed by atoms with Gasteiger partial charge in [-0.2, -0.15) is 0 Å². The second-order valence-electron chi connectivity index (χ2n) is 7.06. The number of nitrogens with zero attached hydrogens (tertiary/aromatic N) is 2. The Morgan fingerprint density at radius 3 is 2.11 bits per heavy atom. The summed E-state index contributed by atoms with van der Waals surface area (Å²) in [5.74, 6) is 1.39. The van der Waals surface area contributed by atoms with Crippen LogP contribution in [0.4, 0.5) is 0 Å². The van der Waals surface area contributed by atoms with Crippen molar-refractivity contribution in [1.29, 1.82) is 0 Å². The van der Waals surface area contributed by atoms with Crippen molar-refractivity contribution in [2.24, 2.45) is 5.41 Å². The van der Waals surface area contributed by atoms with Crippen LogP contribution in [0.1, 0.15) is 40.0 Å². The first-order chi connectivity index (χ1) is 8.60. The van der Waals surface area contributed by atoms with Gasteiger partial charge in [0, 0.05) is 30.5 Å². The smallest absolute Gasteiger partial charge is 0.134 e.